The number of benzene rings is 2. The molecule has 2 aromatic carbocycles. The first-order valence-electron chi connectivity index (χ1n) is 10.2. The number of fused-ring (bicyclic) bond motifs is 1. The molecule has 1 N–H and O–H groups in total. The molecule has 6 nitrogen and oxygen atoms in total. The van der Waals surface area contributed by atoms with Crippen molar-refractivity contribution in [2.45, 2.75) is 43.4 Å². The van der Waals surface area contributed by atoms with E-state index in [0.717, 1.165) is 38.5 Å². The Morgan fingerprint density at radius 3 is 2.59 bits per heavy atom. The first-order valence-corrected chi connectivity index (χ1v) is 11.6. The van der Waals surface area contributed by atoms with Crippen LogP contribution < -0.4 is 10.1 Å². The molecule has 2 aliphatic rings. The van der Waals surface area contributed by atoms with Gasteiger partial charge in [-0.25, -0.2) is 8.42 Å². The van der Waals surface area contributed by atoms with Crippen molar-refractivity contribution < 1.29 is 17.9 Å². The van der Waals surface area contributed by atoms with E-state index in [-0.39, 0.29) is 17.4 Å². The van der Waals surface area contributed by atoms with Crippen LogP contribution in [0.25, 0.3) is 0 Å². The first-order chi connectivity index (χ1) is 14.0. The Morgan fingerprint density at radius 2 is 1.76 bits per heavy atom. The van der Waals surface area contributed by atoms with Crippen LogP contribution in [0.15, 0.2) is 47.4 Å². The third kappa shape index (κ3) is 4.62. The van der Waals surface area contributed by atoms with Crippen LogP contribution in [0.5, 0.6) is 5.75 Å². The van der Waals surface area contributed by atoms with Gasteiger partial charge in [0.2, 0.25) is 10.0 Å². The van der Waals surface area contributed by atoms with Gasteiger partial charge in [0.05, 0.1) is 4.90 Å². The van der Waals surface area contributed by atoms with E-state index in [1.165, 1.54) is 21.5 Å². The summed E-state index contributed by atoms with van der Waals surface area (Å²) in [6.45, 7) is 0.975. The highest BCUT2D eigenvalue weighted by molar-refractivity contribution is 7.89. The van der Waals surface area contributed by atoms with Crippen LogP contribution >= 0.6 is 0 Å². The maximum Gasteiger partial charge on any atom is 0.262 e. The minimum atomic E-state index is -3.53. The van der Waals surface area contributed by atoms with Crippen molar-refractivity contribution in [3.8, 4) is 5.75 Å². The number of carbonyl (C=O) groups excluding carboxylic acids is 1. The zero-order valence-corrected chi connectivity index (χ0v) is 17.2. The van der Waals surface area contributed by atoms with Gasteiger partial charge in [-0.2, -0.15) is 4.31 Å². The summed E-state index contributed by atoms with van der Waals surface area (Å²) in [4.78, 5) is 12.5. The zero-order chi connectivity index (χ0) is 20.3. The number of rotatable bonds is 6. The Labute approximate surface area is 171 Å². The highest BCUT2D eigenvalue weighted by Gasteiger charge is 2.26. The smallest absolute Gasteiger partial charge is 0.262 e. The van der Waals surface area contributed by atoms with Crippen LogP contribution in [0.1, 0.15) is 36.8 Å². The molecule has 1 aliphatic carbocycles. The largest absolute Gasteiger partial charge is 0.484 e. The third-order valence-corrected chi connectivity index (χ3v) is 7.41. The molecule has 1 saturated heterocycles. The normalized spacial score (nSPS) is 17.0. The molecule has 1 aliphatic heterocycles. The number of aryl methyl sites for hydroxylation is 2. The molecule has 7 heteroatoms. The Morgan fingerprint density at radius 1 is 0.966 bits per heavy atom. The molecule has 0 unspecified atom stereocenters. The molecule has 0 spiro atoms. The molecule has 29 heavy (non-hydrogen) atoms. The first kappa shape index (κ1) is 19.9. The number of piperidine rings is 1. The van der Waals surface area contributed by atoms with Crippen molar-refractivity contribution in [3.63, 3.8) is 0 Å². The molecule has 2 aromatic rings. The number of ether oxygens (including phenoxy) is 1. The molecule has 1 fully saturated rings. The molecule has 0 saturated carbocycles. The van der Waals surface area contributed by atoms with E-state index in [0.29, 0.717) is 24.5 Å². The van der Waals surface area contributed by atoms with Crippen molar-refractivity contribution in [2.24, 2.45) is 0 Å². The van der Waals surface area contributed by atoms with Crippen molar-refractivity contribution in [2.75, 3.05) is 25.0 Å². The maximum atomic E-state index is 12.8. The number of hydrogen-bond donors (Lipinski definition) is 1. The highest BCUT2D eigenvalue weighted by Crippen LogP contribution is 2.26. The molecule has 1 heterocycles. The summed E-state index contributed by atoms with van der Waals surface area (Å²) in [6, 6.07) is 12.4. The summed E-state index contributed by atoms with van der Waals surface area (Å²) < 4.78 is 32.8. The van der Waals surface area contributed by atoms with Crippen LogP contribution in [-0.4, -0.2) is 38.3 Å². The van der Waals surface area contributed by atoms with Gasteiger partial charge in [0.1, 0.15) is 5.75 Å². The van der Waals surface area contributed by atoms with Gasteiger partial charge in [0.15, 0.2) is 6.61 Å². The number of carbonyl (C=O) groups is 1. The Bertz CT molecular complexity index is 998. The minimum Gasteiger partial charge on any atom is -0.484 e. The lowest BCUT2D eigenvalue weighted by Gasteiger charge is -2.26. The van der Waals surface area contributed by atoms with Crippen LogP contribution in [0.2, 0.25) is 0 Å². The number of sulfonamides is 1. The Kier molecular flexibility index (Phi) is 5.87. The molecular weight excluding hydrogens is 388 g/mol. The summed E-state index contributed by atoms with van der Waals surface area (Å²) in [5.41, 5.74) is 3.10. The van der Waals surface area contributed by atoms with Crippen LogP contribution in [0.3, 0.4) is 0 Å². The molecule has 0 radical (unpaired) electrons. The minimum absolute atomic E-state index is 0.123. The number of nitrogens with one attached hydrogen (secondary N) is 1. The lowest BCUT2D eigenvalue weighted by atomic mass is 10.1. The van der Waals surface area contributed by atoms with E-state index in [1.54, 1.807) is 18.2 Å². The Hall–Kier alpha value is -2.38. The van der Waals surface area contributed by atoms with Crippen LogP contribution in [0, 0.1) is 0 Å². The summed E-state index contributed by atoms with van der Waals surface area (Å²) >= 11 is 0. The monoisotopic (exact) mass is 414 g/mol. The van der Waals surface area contributed by atoms with E-state index < -0.39 is 10.0 Å². The zero-order valence-electron chi connectivity index (χ0n) is 16.4. The van der Waals surface area contributed by atoms with E-state index >= 15 is 0 Å². The van der Waals surface area contributed by atoms with E-state index in [4.69, 9.17) is 4.74 Å². The standard InChI is InChI=1S/C22H26N2O4S/c25-22(16-28-20-11-10-17-6-4-7-18(17)14-20)23-19-8-5-9-21(15-19)29(26,27)24-12-2-1-3-13-24/h5,8-11,14-15H,1-4,6-7,12-13,16H2,(H,23,25). The molecule has 0 bridgehead atoms. The molecule has 4 rings (SSSR count). The molecule has 0 aromatic heterocycles. The predicted octanol–water partition coefficient (Wildman–Crippen LogP) is 3.37. The average Bonchev–Trinajstić information content (AvgIpc) is 3.21. The van der Waals surface area contributed by atoms with Gasteiger partial charge in [0.25, 0.3) is 5.91 Å². The molecule has 0 atom stereocenters. The lowest BCUT2D eigenvalue weighted by molar-refractivity contribution is -0.118. The lowest BCUT2D eigenvalue weighted by Crippen LogP contribution is -2.35. The van der Waals surface area contributed by atoms with Gasteiger partial charge >= 0.3 is 0 Å². The SMILES string of the molecule is O=C(COc1ccc2c(c1)CCC2)Nc1cccc(S(=O)(=O)N2CCCCC2)c1. The van der Waals surface area contributed by atoms with Crippen molar-refractivity contribution >= 4 is 21.6 Å². The van der Waals surface area contributed by atoms with Crippen LogP contribution in [-0.2, 0) is 27.7 Å². The van der Waals surface area contributed by atoms with Gasteiger partial charge < -0.3 is 10.1 Å². The average molecular weight is 415 g/mol. The quantitative estimate of drug-likeness (QED) is 0.786. The second kappa shape index (κ2) is 8.55. The van der Waals surface area contributed by atoms with Gasteiger partial charge in [-0.15, -0.1) is 0 Å². The topological polar surface area (TPSA) is 75.7 Å². The fourth-order valence-electron chi connectivity index (χ4n) is 3.97. The number of nitrogens with zero attached hydrogens (tertiary/aromatic N) is 1. The highest BCUT2D eigenvalue weighted by atomic mass is 32.2. The van der Waals surface area contributed by atoms with Crippen molar-refractivity contribution in [3.05, 3.63) is 53.6 Å². The van der Waals surface area contributed by atoms with Gasteiger partial charge in [-0.1, -0.05) is 18.6 Å². The fraction of sp³-hybridized carbons (Fsp3) is 0.409. The number of anilines is 1. The van der Waals surface area contributed by atoms with Crippen LogP contribution in [0.4, 0.5) is 5.69 Å². The van der Waals surface area contributed by atoms with Crippen molar-refractivity contribution in [1.29, 1.82) is 0 Å². The summed E-state index contributed by atoms with van der Waals surface area (Å²) in [7, 11) is -3.53. The van der Waals surface area contributed by atoms with E-state index in [1.807, 2.05) is 12.1 Å². The molecular formula is C22H26N2O4S. The second-order valence-electron chi connectivity index (χ2n) is 7.61. The number of hydrogen-bond acceptors (Lipinski definition) is 4. The summed E-state index contributed by atoms with van der Waals surface area (Å²) in [5, 5.41) is 2.73. The Balaban J connectivity index is 1.38. The predicted molar refractivity (Wildman–Crippen MR) is 112 cm³/mol. The summed E-state index contributed by atoms with van der Waals surface area (Å²) in [6.07, 6.45) is 6.15. The van der Waals surface area contributed by atoms with E-state index in [9.17, 15) is 13.2 Å². The van der Waals surface area contributed by atoms with Crippen molar-refractivity contribution in [1.82, 2.24) is 4.31 Å². The van der Waals surface area contributed by atoms with Gasteiger partial charge in [0, 0.05) is 18.8 Å². The molecule has 1 amide bonds. The third-order valence-electron chi connectivity index (χ3n) is 5.51. The number of amides is 1. The van der Waals surface area contributed by atoms with E-state index in [2.05, 4.69) is 11.4 Å². The van der Waals surface area contributed by atoms with Gasteiger partial charge in [-0.05, 0) is 73.6 Å². The fourth-order valence-corrected chi connectivity index (χ4v) is 5.54. The summed E-state index contributed by atoms with van der Waals surface area (Å²) in [5.74, 6) is 0.361. The second-order valence-corrected chi connectivity index (χ2v) is 9.55. The molecule has 154 valence electrons. The van der Waals surface area contributed by atoms with Gasteiger partial charge in [-0.3, -0.25) is 4.79 Å². The maximum absolute atomic E-state index is 12.8.